The third kappa shape index (κ3) is 5.96. The maximum atomic E-state index is 13.9. The van der Waals surface area contributed by atoms with Gasteiger partial charge in [0.2, 0.25) is 0 Å². The van der Waals surface area contributed by atoms with Crippen LogP contribution in [0.4, 0.5) is 39.3 Å². The van der Waals surface area contributed by atoms with Crippen molar-refractivity contribution in [3.8, 4) is 6.01 Å². The first-order valence-electron chi connectivity index (χ1n) is 10.2. The standard InChI is InChI=1S/C20H24F5N5O3S/c1-12(20(23,24)25)33-18-28-16(27-10-13-6-4-5-7-14(13)34(3,31)32)15(26-2)17(29-18)30-9-8-19(21,22)11-30/h4-7,12,26H,8-11H2,1-3H3,(H,27,28,29). The molecular weight excluding hydrogens is 485 g/mol. The molecule has 2 aromatic rings. The normalized spacial score (nSPS) is 16.9. The topological polar surface area (TPSA) is 96.5 Å². The van der Waals surface area contributed by atoms with Crippen molar-refractivity contribution in [1.29, 1.82) is 0 Å². The zero-order valence-corrected chi connectivity index (χ0v) is 19.4. The molecule has 3 rings (SSSR count). The van der Waals surface area contributed by atoms with Crippen molar-refractivity contribution in [2.24, 2.45) is 0 Å². The summed E-state index contributed by atoms with van der Waals surface area (Å²) in [6, 6.07) is 5.51. The van der Waals surface area contributed by atoms with E-state index in [0.717, 1.165) is 13.2 Å². The van der Waals surface area contributed by atoms with Gasteiger partial charge in [0.1, 0.15) is 5.69 Å². The second-order valence-corrected chi connectivity index (χ2v) is 9.85. The molecule has 0 radical (unpaired) electrons. The van der Waals surface area contributed by atoms with Gasteiger partial charge in [0.05, 0.1) is 11.4 Å². The lowest BCUT2D eigenvalue weighted by Crippen LogP contribution is -2.32. The smallest absolute Gasteiger partial charge is 0.425 e. The molecule has 1 aromatic carbocycles. The summed E-state index contributed by atoms with van der Waals surface area (Å²) in [4.78, 5) is 9.27. The third-order valence-corrected chi connectivity index (χ3v) is 6.35. The highest BCUT2D eigenvalue weighted by Crippen LogP contribution is 2.38. The number of rotatable bonds is 8. The molecule has 188 valence electrons. The number of benzene rings is 1. The first-order valence-corrected chi connectivity index (χ1v) is 12.1. The van der Waals surface area contributed by atoms with Gasteiger partial charge in [-0.15, -0.1) is 0 Å². The number of nitrogens with zero attached hydrogens (tertiary/aromatic N) is 3. The van der Waals surface area contributed by atoms with E-state index in [-0.39, 0.29) is 35.3 Å². The quantitative estimate of drug-likeness (QED) is 0.520. The molecular formula is C20H24F5N5O3S. The van der Waals surface area contributed by atoms with Crippen LogP contribution in [0.3, 0.4) is 0 Å². The summed E-state index contributed by atoms with van der Waals surface area (Å²) in [7, 11) is -2.08. The fraction of sp³-hybridized carbons (Fsp3) is 0.500. The molecule has 0 amide bonds. The lowest BCUT2D eigenvalue weighted by Gasteiger charge is -2.24. The molecule has 0 saturated carbocycles. The van der Waals surface area contributed by atoms with E-state index in [0.29, 0.717) is 5.56 Å². The molecule has 2 N–H and O–H groups in total. The Bertz CT molecular complexity index is 1140. The number of ether oxygens (including phenoxy) is 1. The minimum atomic E-state index is -4.70. The summed E-state index contributed by atoms with van der Waals surface area (Å²) in [6.07, 6.45) is -6.35. The number of anilines is 3. The Kier molecular flexibility index (Phi) is 7.10. The van der Waals surface area contributed by atoms with E-state index in [1.54, 1.807) is 18.2 Å². The Balaban J connectivity index is 2.01. The van der Waals surface area contributed by atoms with Gasteiger partial charge in [0, 0.05) is 32.8 Å². The number of nitrogens with one attached hydrogen (secondary N) is 2. The van der Waals surface area contributed by atoms with E-state index in [1.165, 1.54) is 18.0 Å². The predicted octanol–water partition coefficient (Wildman–Crippen LogP) is 3.71. The van der Waals surface area contributed by atoms with Crippen molar-refractivity contribution in [3.05, 3.63) is 29.8 Å². The maximum absolute atomic E-state index is 13.9. The van der Waals surface area contributed by atoms with Crippen molar-refractivity contribution in [2.75, 3.05) is 41.9 Å². The van der Waals surface area contributed by atoms with Crippen LogP contribution in [-0.4, -0.2) is 63.0 Å². The van der Waals surface area contributed by atoms with Gasteiger partial charge in [-0.25, -0.2) is 17.2 Å². The Hall–Kier alpha value is -2.90. The van der Waals surface area contributed by atoms with E-state index >= 15 is 0 Å². The van der Waals surface area contributed by atoms with Crippen molar-refractivity contribution in [1.82, 2.24) is 9.97 Å². The minimum Gasteiger partial charge on any atom is -0.451 e. The van der Waals surface area contributed by atoms with Crippen LogP contribution >= 0.6 is 0 Å². The Morgan fingerprint density at radius 3 is 2.47 bits per heavy atom. The van der Waals surface area contributed by atoms with Crippen LogP contribution in [-0.2, 0) is 16.4 Å². The van der Waals surface area contributed by atoms with Crippen LogP contribution in [0.5, 0.6) is 6.01 Å². The summed E-state index contributed by atoms with van der Waals surface area (Å²) < 4.78 is 95.8. The molecule has 1 fully saturated rings. The largest absolute Gasteiger partial charge is 0.451 e. The Morgan fingerprint density at radius 2 is 1.91 bits per heavy atom. The van der Waals surface area contributed by atoms with Gasteiger partial charge in [-0.1, -0.05) is 18.2 Å². The first kappa shape index (κ1) is 25.7. The average Bonchev–Trinajstić information content (AvgIpc) is 3.10. The third-order valence-electron chi connectivity index (χ3n) is 5.15. The van der Waals surface area contributed by atoms with E-state index in [9.17, 15) is 30.4 Å². The molecule has 1 atom stereocenters. The van der Waals surface area contributed by atoms with Crippen LogP contribution in [0.15, 0.2) is 29.2 Å². The summed E-state index contributed by atoms with van der Waals surface area (Å²) in [5, 5.41) is 5.67. The summed E-state index contributed by atoms with van der Waals surface area (Å²) >= 11 is 0. The lowest BCUT2D eigenvalue weighted by molar-refractivity contribution is -0.190. The van der Waals surface area contributed by atoms with E-state index < -0.39 is 47.0 Å². The molecule has 1 saturated heterocycles. The van der Waals surface area contributed by atoms with Crippen LogP contribution in [0.25, 0.3) is 0 Å². The zero-order chi connectivity index (χ0) is 25.3. The fourth-order valence-corrected chi connectivity index (χ4v) is 4.34. The van der Waals surface area contributed by atoms with Gasteiger partial charge in [0.15, 0.2) is 27.6 Å². The molecule has 1 aliphatic rings. The first-order chi connectivity index (χ1) is 15.7. The number of hydrogen-bond donors (Lipinski definition) is 2. The highest BCUT2D eigenvalue weighted by Gasteiger charge is 2.41. The average molecular weight is 510 g/mol. The molecule has 8 nitrogen and oxygen atoms in total. The maximum Gasteiger partial charge on any atom is 0.425 e. The molecule has 0 aliphatic carbocycles. The second-order valence-electron chi connectivity index (χ2n) is 7.87. The second kappa shape index (κ2) is 9.39. The fourth-order valence-electron chi connectivity index (χ4n) is 3.40. The van der Waals surface area contributed by atoms with E-state index in [2.05, 4.69) is 20.6 Å². The minimum absolute atomic E-state index is 0.0320. The van der Waals surface area contributed by atoms with Gasteiger partial charge in [0.25, 0.3) is 5.92 Å². The molecule has 0 spiro atoms. The van der Waals surface area contributed by atoms with Crippen LogP contribution in [0.1, 0.15) is 18.9 Å². The molecule has 2 heterocycles. The summed E-state index contributed by atoms with van der Waals surface area (Å²) in [6.45, 7) is -0.0557. The van der Waals surface area contributed by atoms with E-state index in [4.69, 9.17) is 4.74 Å². The molecule has 34 heavy (non-hydrogen) atoms. The van der Waals surface area contributed by atoms with Gasteiger partial charge in [-0.05, 0) is 18.6 Å². The highest BCUT2D eigenvalue weighted by molar-refractivity contribution is 7.90. The zero-order valence-electron chi connectivity index (χ0n) is 18.6. The van der Waals surface area contributed by atoms with Crippen molar-refractivity contribution in [2.45, 2.75) is 43.0 Å². The lowest BCUT2D eigenvalue weighted by atomic mass is 10.2. The summed E-state index contributed by atoms with van der Waals surface area (Å²) in [5.41, 5.74) is 0.535. The van der Waals surface area contributed by atoms with Crippen LogP contribution < -0.4 is 20.3 Å². The molecule has 14 heteroatoms. The molecule has 0 bridgehead atoms. The molecule has 1 unspecified atom stereocenters. The number of halogens is 5. The molecule has 1 aliphatic heterocycles. The van der Waals surface area contributed by atoms with Crippen LogP contribution in [0.2, 0.25) is 0 Å². The molecule has 1 aromatic heterocycles. The van der Waals surface area contributed by atoms with Gasteiger partial charge in [-0.3, -0.25) is 0 Å². The summed E-state index contributed by atoms with van der Waals surface area (Å²) in [5.74, 6) is -3.08. The Labute approximate surface area is 193 Å². The Morgan fingerprint density at radius 1 is 1.24 bits per heavy atom. The van der Waals surface area contributed by atoms with Crippen LogP contribution in [0, 0.1) is 0 Å². The van der Waals surface area contributed by atoms with Crippen molar-refractivity contribution >= 4 is 27.2 Å². The predicted molar refractivity (Wildman–Crippen MR) is 116 cm³/mol. The number of alkyl halides is 5. The van der Waals surface area contributed by atoms with Crippen molar-refractivity contribution in [3.63, 3.8) is 0 Å². The number of aromatic nitrogens is 2. The van der Waals surface area contributed by atoms with E-state index in [1.807, 2.05) is 0 Å². The number of hydrogen-bond acceptors (Lipinski definition) is 8. The number of sulfone groups is 1. The van der Waals surface area contributed by atoms with Crippen molar-refractivity contribution < 1.29 is 35.1 Å². The van der Waals surface area contributed by atoms with Gasteiger partial charge < -0.3 is 20.3 Å². The van der Waals surface area contributed by atoms with Gasteiger partial charge >= 0.3 is 12.2 Å². The van der Waals surface area contributed by atoms with Gasteiger partial charge in [-0.2, -0.15) is 23.1 Å². The monoisotopic (exact) mass is 509 g/mol. The SMILES string of the molecule is CNc1c(NCc2ccccc2S(C)(=O)=O)nc(OC(C)C(F)(F)F)nc1N1CCC(F)(F)C1. The highest BCUT2D eigenvalue weighted by atomic mass is 32.2.